The molecular formula is C28H32Na2O8S2. The summed E-state index contributed by atoms with van der Waals surface area (Å²) in [7, 11) is -9.17. The number of allylic oxidation sites excluding steroid dienone is 2. The predicted molar refractivity (Wildman–Crippen MR) is 139 cm³/mol. The van der Waals surface area contributed by atoms with Crippen LogP contribution >= 0.6 is 0 Å². The van der Waals surface area contributed by atoms with Crippen molar-refractivity contribution < 1.29 is 94.6 Å². The van der Waals surface area contributed by atoms with Crippen molar-refractivity contribution in [3.8, 4) is 0 Å². The van der Waals surface area contributed by atoms with Crippen molar-refractivity contribution in [3.05, 3.63) is 46.5 Å². The fraction of sp³-hybridized carbons (Fsp3) is 0.571. The molecule has 4 atom stereocenters. The van der Waals surface area contributed by atoms with Crippen LogP contribution in [0.15, 0.2) is 35.4 Å². The molecule has 0 aliphatic heterocycles. The second-order valence-electron chi connectivity index (χ2n) is 12.7. The van der Waals surface area contributed by atoms with Gasteiger partial charge in [0, 0.05) is 11.1 Å². The van der Waals surface area contributed by atoms with Crippen molar-refractivity contribution in [2.24, 2.45) is 33.5 Å². The summed E-state index contributed by atoms with van der Waals surface area (Å²) in [4.78, 5) is 26.8. The molecule has 1 aromatic carbocycles. The molecule has 40 heavy (non-hydrogen) atoms. The molecule has 5 rings (SSSR count). The summed E-state index contributed by atoms with van der Waals surface area (Å²) in [6.07, 6.45) is 5.59. The van der Waals surface area contributed by atoms with Crippen LogP contribution in [-0.4, -0.2) is 49.0 Å². The second kappa shape index (κ2) is 10.8. The van der Waals surface area contributed by atoms with Crippen molar-refractivity contribution in [1.29, 1.82) is 0 Å². The summed E-state index contributed by atoms with van der Waals surface area (Å²) in [6.45, 7) is 7.45. The zero-order valence-electron chi connectivity index (χ0n) is 23.9. The van der Waals surface area contributed by atoms with Crippen LogP contribution in [-0.2, 0) is 29.8 Å². The molecule has 0 amide bonds. The van der Waals surface area contributed by atoms with Crippen LogP contribution in [0.2, 0.25) is 0 Å². The average molecular weight is 607 g/mol. The van der Waals surface area contributed by atoms with Crippen LogP contribution < -0.4 is 59.1 Å². The van der Waals surface area contributed by atoms with Crippen LogP contribution in [0, 0.1) is 33.5 Å². The Bertz CT molecular complexity index is 1410. The molecular weight excluding hydrogens is 574 g/mol. The molecule has 206 valence electrons. The first-order chi connectivity index (χ1) is 17.3. The molecule has 0 N–H and O–H groups in total. The van der Waals surface area contributed by atoms with Crippen LogP contribution in [0.25, 0.3) is 12.2 Å². The van der Waals surface area contributed by atoms with Gasteiger partial charge in [0.2, 0.25) is 0 Å². The smallest absolute Gasteiger partial charge is 0.748 e. The van der Waals surface area contributed by atoms with Crippen molar-refractivity contribution in [2.75, 3.05) is 11.5 Å². The third-order valence-corrected chi connectivity index (χ3v) is 12.2. The summed E-state index contributed by atoms with van der Waals surface area (Å²) < 4.78 is 69.9. The zero-order chi connectivity index (χ0) is 28.1. The second-order valence-corrected chi connectivity index (χ2v) is 15.5. The Morgan fingerprint density at radius 3 is 1.27 bits per heavy atom. The maximum atomic E-state index is 13.4. The van der Waals surface area contributed by atoms with E-state index in [0.29, 0.717) is 36.8 Å². The minimum atomic E-state index is -4.58. The van der Waals surface area contributed by atoms with Crippen molar-refractivity contribution in [3.63, 3.8) is 0 Å². The van der Waals surface area contributed by atoms with Gasteiger partial charge >= 0.3 is 59.1 Å². The number of Topliss-reactive ketones (excluding diaryl/α,β-unsaturated/α-hetero) is 2. The van der Waals surface area contributed by atoms with Crippen LogP contribution in [0.5, 0.6) is 0 Å². The largest absolute Gasteiger partial charge is 1.00 e. The molecule has 4 bridgehead atoms. The monoisotopic (exact) mass is 606 g/mol. The number of fused-ring (bicyclic) bond motifs is 4. The van der Waals surface area contributed by atoms with Crippen molar-refractivity contribution in [1.82, 2.24) is 0 Å². The first-order valence-corrected chi connectivity index (χ1v) is 16.0. The molecule has 4 aliphatic carbocycles. The Kier molecular flexibility index (Phi) is 9.26. The van der Waals surface area contributed by atoms with Gasteiger partial charge in [0.1, 0.15) is 0 Å². The Balaban J connectivity index is 0.00000220. The zero-order valence-corrected chi connectivity index (χ0v) is 29.6. The normalized spacial score (nSPS) is 33.9. The van der Waals surface area contributed by atoms with E-state index in [1.165, 1.54) is 0 Å². The topological polar surface area (TPSA) is 149 Å². The van der Waals surface area contributed by atoms with E-state index in [4.69, 9.17) is 0 Å². The predicted octanol–water partition coefficient (Wildman–Crippen LogP) is -2.44. The van der Waals surface area contributed by atoms with Gasteiger partial charge in [-0.25, -0.2) is 16.8 Å². The fourth-order valence-corrected chi connectivity index (χ4v) is 10.7. The van der Waals surface area contributed by atoms with Crippen LogP contribution in [0.1, 0.15) is 64.5 Å². The molecule has 4 unspecified atom stereocenters. The van der Waals surface area contributed by atoms with Gasteiger partial charge in [0.25, 0.3) is 0 Å². The Morgan fingerprint density at radius 2 is 1.00 bits per heavy atom. The number of rotatable bonds is 6. The Labute approximate surface area is 280 Å². The molecule has 0 saturated heterocycles. The van der Waals surface area contributed by atoms with Crippen molar-refractivity contribution in [2.45, 2.75) is 53.4 Å². The summed E-state index contributed by atoms with van der Waals surface area (Å²) in [5.41, 5.74) is -1.10. The van der Waals surface area contributed by atoms with E-state index in [1.54, 1.807) is 12.2 Å². The molecule has 0 radical (unpaired) electrons. The maximum Gasteiger partial charge on any atom is 1.00 e. The average Bonchev–Trinajstić information content (AvgIpc) is 3.27. The molecule has 8 nitrogen and oxygen atoms in total. The quantitative estimate of drug-likeness (QED) is 0.197. The van der Waals surface area contributed by atoms with Crippen LogP contribution in [0.3, 0.4) is 0 Å². The first-order valence-electron chi connectivity index (χ1n) is 12.8. The van der Waals surface area contributed by atoms with E-state index >= 15 is 0 Å². The van der Waals surface area contributed by atoms with Gasteiger partial charge in [0.05, 0.1) is 42.6 Å². The molecule has 4 fully saturated rings. The molecule has 1 aromatic rings. The van der Waals surface area contributed by atoms with Crippen molar-refractivity contribution >= 4 is 44.0 Å². The molecule has 4 aliphatic rings. The Hall–Kier alpha value is -0.140. The van der Waals surface area contributed by atoms with E-state index in [0.717, 1.165) is 11.1 Å². The minimum absolute atomic E-state index is 0. The number of hydrogen-bond acceptors (Lipinski definition) is 8. The van der Waals surface area contributed by atoms with Crippen LogP contribution in [0.4, 0.5) is 0 Å². The Morgan fingerprint density at radius 1 is 0.700 bits per heavy atom. The van der Waals surface area contributed by atoms with Gasteiger partial charge < -0.3 is 9.11 Å². The first kappa shape index (κ1) is 34.4. The van der Waals surface area contributed by atoms with E-state index in [-0.39, 0.29) is 82.5 Å². The maximum absolute atomic E-state index is 13.4. The van der Waals surface area contributed by atoms with E-state index in [9.17, 15) is 35.5 Å². The third kappa shape index (κ3) is 5.16. The molecule has 0 spiro atoms. The molecule has 0 aromatic heterocycles. The van der Waals surface area contributed by atoms with E-state index in [2.05, 4.69) is 0 Å². The summed E-state index contributed by atoms with van der Waals surface area (Å²) in [5.74, 6) is -2.18. The summed E-state index contributed by atoms with van der Waals surface area (Å²) in [5, 5.41) is 0. The SMILES string of the molecule is CC1(C)C2CCC1(CS(=O)(=O)[O-])C(=O)/C2=C\c1ccc(/C=C2/C(=O)C3(CS(=O)(=O)[O-])CCC2C3(C)C)cc1.[Na+].[Na+]. The number of carbonyl (C=O) groups excluding carboxylic acids is 2. The van der Waals surface area contributed by atoms with Gasteiger partial charge in [-0.15, -0.1) is 0 Å². The van der Waals surface area contributed by atoms with Gasteiger partial charge in [-0.2, -0.15) is 0 Å². The van der Waals surface area contributed by atoms with Gasteiger partial charge in [-0.05, 0) is 71.6 Å². The summed E-state index contributed by atoms with van der Waals surface area (Å²) >= 11 is 0. The van der Waals surface area contributed by atoms with Gasteiger partial charge in [-0.3, -0.25) is 9.59 Å². The van der Waals surface area contributed by atoms with Gasteiger partial charge in [-0.1, -0.05) is 52.0 Å². The number of carbonyl (C=O) groups is 2. The molecule has 4 saturated carbocycles. The minimum Gasteiger partial charge on any atom is -0.748 e. The molecule has 0 heterocycles. The van der Waals surface area contributed by atoms with E-state index < -0.39 is 53.4 Å². The fourth-order valence-electron chi connectivity index (χ4n) is 8.22. The number of hydrogen-bond donors (Lipinski definition) is 0. The third-order valence-electron chi connectivity index (χ3n) is 10.5. The standard InChI is InChI=1S/C28H34O8S2.2Na/c1-25(2)21-9-11-27(25,15-37(31,32)33)23(29)19(21)13-17-5-7-18(8-6-17)14-20-22-10-12-28(24(20)30,26(22,3)4)16-38(34,35)36;;/h5-8,13-14,21-22H,9-12,15-16H2,1-4H3,(H,31,32,33)(H,34,35,36);;/q;2*+1/p-2/b19-13-,20-14+;;. The number of benzene rings is 1. The van der Waals surface area contributed by atoms with Gasteiger partial charge in [0.15, 0.2) is 11.6 Å². The number of ketones is 2. The van der Waals surface area contributed by atoms with E-state index in [1.807, 2.05) is 52.0 Å². The summed E-state index contributed by atoms with van der Waals surface area (Å²) in [6, 6.07) is 7.24. The molecule has 12 heteroatoms.